The summed E-state index contributed by atoms with van der Waals surface area (Å²) in [4.78, 5) is 57.6. The van der Waals surface area contributed by atoms with Crippen LogP contribution in [-0.2, 0) is 16.1 Å². The first kappa shape index (κ1) is 24.8. The Bertz CT molecular complexity index is 1440. The molecule has 200 valence electrons. The number of rotatable bonds is 6. The molecular weight excluding hydrogens is 500 g/mol. The first-order chi connectivity index (χ1) is 19.0. The number of hydrogen-bond donors (Lipinski definition) is 1. The first-order valence-corrected chi connectivity index (χ1v) is 13.2. The largest absolute Gasteiger partial charge is 0.491 e. The highest BCUT2D eigenvalue weighted by Crippen LogP contribution is 2.30. The maximum absolute atomic E-state index is 13.3. The van der Waals surface area contributed by atoms with Crippen LogP contribution in [0.1, 0.15) is 58.6 Å². The minimum Gasteiger partial charge on any atom is -0.491 e. The molecule has 4 heterocycles. The topological polar surface area (TPSA) is 127 Å². The predicted octanol–water partition coefficient (Wildman–Crippen LogP) is 2.10. The lowest BCUT2D eigenvalue weighted by molar-refractivity contribution is -0.136. The van der Waals surface area contributed by atoms with Crippen molar-refractivity contribution in [2.24, 2.45) is 0 Å². The van der Waals surface area contributed by atoms with Gasteiger partial charge in [0.2, 0.25) is 17.6 Å². The van der Waals surface area contributed by atoms with Crippen LogP contribution in [0.2, 0.25) is 0 Å². The smallest absolute Gasteiger partial charge is 0.293 e. The quantitative estimate of drug-likeness (QED) is 0.486. The fourth-order valence-electron chi connectivity index (χ4n) is 5.47. The van der Waals surface area contributed by atoms with Crippen LogP contribution in [0.3, 0.4) is 0 Å². The summed E-state index contributed by atoms with van der Waals surface area (Å²) in [6.45, 7) is 1.18. The molecule has 2 atom stereocenters. The van der Waals surface area contributed by atoms with E-state index in [0.717, 1.165) is 30.5 Å². The van der Waals surface area contributed by atoms with E-state index in [1.165, 1.54) is 4.90 Å². The zero-order valence-electron chi connectivity index (χ0n) is 21.3. The SMILES string of the molecule is O=C1CCC(N2Cc3cc(OC[C@@H]4CCCCN4C(=O)c4ncn(-c5ccccc5)n4)ccc3C2=O)C(=O)N1. The molecule has 0 bridgehead atoms. The van der Waals surface area contributed by atoms with E-state index in [4.69, 9.17) is 4.74 Å². The van der Waals surface area contributed by atoms with Crippen molar-refractivity contribution in [3.05, 3.63) is 71.8 Å². The van der Waals surface area contributed by atoms with Crippen molar-refractivity contribution >= 4 is 23.6 Å². The highest BCUT2D eigenvalue weighted by molar-refractivity contribution is 6.05. The number of imide groups is 1. The van der Waals surface area contributed by atoms with Crippen LogP contribution >= 0.6 is 0 Å². The van der Waals surface area contributed by atoms with Crippen molar-refractivity contribution in [1.82, 2.24) is 29.9 Å². The lowest BCUT2D eigenvalue weighted by atomic mass is 10.0. The number of piperidine rings is 2. The molecule has 3 aromatic rings. The number of nitrogens with zero attached hydrogens (tertiary/aromatic N) is 5. The maximum Gasteiger partial charge on any atom is 0.293 e. The normalized spacial score (nSPS) is 21.1. The van der Waals surface area contributed by atoms with Gasteiger partial charge < -0.3 is 14.5 Å². The average molecular weight is 529 g/mol. The van der Waals surface area contributed by atoms with Crippen LogP contribution in [0.4, 0.5) is 0 Å². The van der Waals surface area contributed by atoms with Crippen molar-refractivity contribution in [3.8, 4) is 11.4 Å². The maximum atomic E-state index is 13.3. The zero-order chi connectivity index (χ0) is 26.9. The molecule has 2 aromatic carbocycles. The molecule has 0 radical (unpaired) electrons. The number of amides is 4. The van der Waals surface area contributed by atoms with Crippen molar-refractivity contribution in [1.29, 1.82) is 0 Å². The standard InChI is InChI=1S/C28H28N6O5/c35-24-12-11-23(26(36)30-24)33-15-18-14-21(9-10-22(18)27(33)37)39-16-20-8-4-5-13-32(20)28(38)25-29-17-34(31-25)19-6-2-1-3-7-19/h1-3,6-7,9-10,14,17,20,23H,4-5,8,11-13,15-16H2,(H,30,35,36)/t20-,23?/m0/s1. The molecule has 1 aromatic heterocycles. The second kappa shape index (κ2) is 10.3. The lowest BCUT2D eigenvalue weighted by Crippen LogP contribution is -2.52. The number of benzene rings is 2. The molecule has 3 aliphatic heterocycles. The van der Waals surface area contributed by atoms with Crippen LogP contribution in [-0.4, -0.2) is 73.4 Å². The van der Waals surface area contributed by atoms with E-state index in [-0.39, 0.29) is 42.6 Å². The molecule has 11 nitrogen and oxygen atoms in total. The number of ether oxygens (including phenoxy) is 1. The van der Waals surface area contributed by atoms with Crippen molar-refractivity contribution in [2.45, 2.75) is 50.7 Å². The van der Waals surface area contributed by atoms with Crippen LogP contribution < -0.4 is 10.1 Å². The van der Waals surface area contributed by atoms with Crippen LogP contribution in [0.5, 0.6) is 5.75 Å². The molecule has 39 heavy (non-hydrogen) atoms. The minimum atomic E-state index is -0.659. The molecule has 1 unspecified atom stereocenters. The van der Waals surface area contributed by atoms with Gasteiger partial charge in [-0.05, 0) is 61.6 Å². The molecule has 0 saturated carbocycles. The van der Waals surface area contributed by atoms with Crippen LogP contribution in [0.25, 0.3) is 5.69 Å². The van der Waals surface area contributed by atoms with Crippen LogP contribution in [0.15, 0.2) is 54.9 Å². The van der Waals surface area contributed by atoms with Gasteiger partial charge in [0.25, 0.3) is 11.8 Å². The summed E-state index contributed by atoms with van der Waals surface area (Å²) in [5.74, 6) is -0.456. The van der Waals surface area contributed by atoms with Gasteiger partial charge in [0, 0.05) is 25.1 Å². The Hall–Kier alpha value is -4.54. The number of hydrogen-bond acceptors (Lipinski definition) is 7. The number of carbonyl (C=O) groups is 4. The molecule has 2 saturated heterocycles. The molecule has 11 heteroatoms. The molecule has 6 rings (SSSR count). The van der Waals surface area contributed by atoms with E-state index in [9.17, 15) is 19.2 Å². The summed E-state index contributed by atoms with van der Waals surface area (Å²) in [5.41, 5.74) is 2.13. The molecule has 3 aliphatic rings. The Kier molecular flexibility index (Phi) is 6.55. The molecule has 4 amide bonds. The zero-order valence-corrected chi connectivity index (χ0v) is 21.3. The highest BCUT2D eigenvalue weighted by Gasteiger charge is 2.39. The van der Waals surface area contributed by atoms with E-state index in [2.05, 4.69) is 15.4 Å². The predicted molar refractivity (Wildman–Crippen MR) is 138 cm³/mol. The van der Waals surface area contributed by atoms with Gasteiger partial charge in [-0.15, -0.1) is 5.10 Å². The van der Waals surface area contributed by atoms with Crippen LogP contribution in [0, 0.1) is 0 Å². The van der Waals surface area contributed by atoms with Gasteiger partial charge in [0.1, 0.15) is 24.7 Å². The Morgan fingerprint density at radius 3 is 2.72 bits per heavy atom. The van der Waals surface area contributed by atoms with Crippen molar-refractivity contribution in [2.75, 3.05) is 13.2 Å². The Balaban J connectivity index is 1.12. The average Bonchev–Trinajstić information content (AvgIpc) is 3.57. The molecule has 1 N–H and O–H groups in total. The lowest BCUT2D eigenvalue weighted by Gasteiger charge is -2.34. The fourth-order valence-corrected chi connectivity index (χ4v) is 5.47. The Morgan fingerprint density at radius 2 is 1.90 bits per heavy atom. The van der Waals surface area contributed by atoms with Gasteiger partial charge in [-0.25, -0.2) is 9.67 Å². The van der Waals surface area contributed by atoms with Gasteiger partial charge >= 0.3 is 0 Å². The first-order valence-electron chi connectivity index (χ1n) is 13.2. The van der Waals surface area contributed by atoms with E-state index in [1.807, 2.05) is 36.4 Å². The third kappa shape index (κ3) is 4.87. The fraction of sp³-hybridized carbons (Fsp3) is 0.357. The second-order valence-corrected chi connectivity index (χ2v) is 10.0. The van der Waals surface area contributed by atoms with Crippen molar-refractivity contribution in [3.63, 3.8) is 0 Å². The van der Waals surface area contributed by atoms with E-state index in [1.54, 1.807) is 28.0 Å². The monoisotopic (exact) mass is 528 g/mol. The molecule has 2 fully saturated rings. The molecule has 0 spiro atoms. The summed E-state index contributed by atoms with van der Waals surface area (Å²) in [5, 5.41) is 6.72. The van der Waals surface area contributed by atoms with Gasteiger partial charge in [0.15, 0.2) is 0 Å². The number of likely N-dealkylation sites (tertiary alicyclic amines) is 1. The number of carbonyl (C=O) groups excluding carboxylic acids is 4. The van der Waals surface area contributed by atoms with E-state index < -0.39 is 11.9 Å². The van der Waals surface area contributed by atoms with Gasteiger partial charge in [-0.3, -0.25) is 24.5 Å². The summed E-state index contributed by atoms with van der Waals surface area (Å²) in [6, 6.07) is 14.0. The number of nitrogens with one attached hydrogen (secondary N) is 1. The number of para-hydroxylation sites is 1. The summed E-state index contributed by atoms with van der Waals surface area (Å²) in [7, 11) is 0. The highest BCUT2D eigenvalue weighted by atomic mass is 16.5. The van der Waals surface area contributed by atoms with E-state index in [0.29, 0.717) is 30.9 Å². The van der Waals surface area contributed by atoms with E-state index >= 15 is 0 Å². The molecule has 0 aliphatic carbocycles. The second-order valence-electron chi connectivity index (χ2n) is 10.0. The third-order valence-electron chi connectivity index (χ3n) is 7.53. The van der Waals surface area contributed by atoms with Crippen molar-refractivity contribution < 1.29 is 23.9 Å². The number of fused-ring (bicyclic) bond motifs is 1. The summed E-state index contributed by atoms with van der Waals surface area (Å²) >= 11 is 0. The Morgan fingerprint density at radius 1 is 1.05 bits per heavy atom. The third-order valence-corrected chi connectivity index (χ3v) is 7.53. The van der Waals surface area contributed by atoms with Gasteiger partial charge in [-0.1, -0.05) is 18.2 Å². The Labute approximate surface area is 224 Å². The van der Waals surface area contributed by atoms with Gasteiger partial charge in [-0.2, -0.15) is 0 Å². The molecular formula is C28H28N6O5. The van der Waals surface area contributed by atoms with Gasteiger partial charge in [0.05, 0.1) is 11.7 Å². The summed E-state index contributed by atoms with van der Waals surface area (Å²) < 4.78 is 7.71. The minimum absolute atomic E-state index is 0.134. The number of aromatic nitrogens is 3. The summed E-state index contributed by atoms with van der Waals surface area (Å²) in [6.07, 6.45) is 4.77.